The first-order valence-corrected chi connectivity index (χ1v) is 16.5. The van der Waals surface area contributed by atoms with Crippen LogP contribution in [0.3, 0.4) is 0 Å². The molecule has 2 aliphatic heterocycles. The number of carboxylic acids is 1. The number of amides is 1. The second-order valence-electron chi connectivity index (χ2n) is 12.9. The first-order valence-electron chi connectivity index (χ1n) is 16.5. The number of alkyl halides is 7. The van der Waals surface area contributed by atoms with Gasteiger partial charge in [-0.3, -0.25) is 19.4 Å². The standard InChI is InChI=1S/C27H30FNO4.C9H12F6N2O/c1-32-24-13-11-19(16-29-15-5-7-20(28)17-29)27(33-2)26(24)23-10-4-8-21-18(12-14-25(30)31)6-3-9-22(21)23;10-8(11,12)5-17-3-1-7(2-4-17,6(16)18)9(13,14)15/h3-4,6,8-11,13,20H,5,7,12,14-17H2,1-2H3,(H,30,31);1-5H2,(H2,16,18). The van der Waals surface area contributed by atoms with Gasteiger partial charge < -0.3 is 20.3 Å². The van der Waals surface area contributed by atoms with Crippen molar-refractivity contribution >= 4 is 22.6 Å². The number of piperidine rings is 2. The van der Waals surface area contributed by atoms with Crippen molar-refractivity contribution in [1.29, 1.82) is 0 Å². The summed E-state index contributed by atoms with van der Waals surface area (Å²) in [6.45, 7) is -0.281. The lowest BCUT2D eigenvalue weighted by atomic mass is 9.77. The minimum atomic E-state index is -4.83. The molecular weight excluding hydrogens is 687 g/mol. The zero-order chi connectivity index (χ0) is 37.6. The molecule has 1 amide bonds. The number of likely N-dealkylation sites (tertiary alicyclic amines) is 2. The summed E-state index contributed by atoms with van der Waals surface area (Å²) in [6, 6.07) is 15.9. The molecule has 0 spiro atoms. The molecule has 3 aromatic carbocycles. The van der Waals surface area contributed by atoms with E-state index < -0.39 is 68.3 Å². The summed E-state index contributed by atoms with van der Waals surface area (Å²) in [5.74, 6) is -0.922. The smallest absolute Gasteiger partial charge is 0.403 e. The van der Waals surface area contributed by atoms with Gasteiger partial charge in [0.25, 0.3) is 0 Å². The molecule has 15 heteroatoms. The number of methoxy groups -OCH3 is 2. The Kier molecular flexibility index (Phi) is 12.8. The zero-order valence-electron chi connectivity index (χ0n) is 28.4. The van der Waals surface area contributed by atoms with Gasteiger partial charge >= 0.3 is 18.3 Å². The Bertz CT molecular complexity index is 1670. The van der Waals surface area contributed by atoms with Crippen LogP contribution < -0.4 is 15.2 Å². The van der Waals surface area contributed by atoms with E-state index in [2.05, 4.69) is 4.90 Å². The van der Waals surface area contributed by atoms with Crippen LogP contribution >= 0.6 is 0 Å². The van der Waals surface area contributed by atoms with Crippen LogP contribution in [0.4, 0.5) is 30.7 Å². The molecule has 0 saturated carbocycles. The average molecular weight is 730 g/mol. The Hall–Kier alpha value is -4.11. The maximum atomic E-state index is 14.0. The number of carbonyl (C=O) groups is 2. The highest BCUT2D eigenvalue weighted by atomic mass is 19.4. The number of hydrogen-bond donors (Lipinski definition) is 2. The minimum absolute atomic E-state index is 0.0802. The first-order chi connectivity index (χ1) is 24.0. The Morgan fingerprint density at radius 1 is 0.902 bits per heavy atom. The molecular formula is C36H42F7N3O5. The molecule has 51 heavy (non-hydrogen) atoms. The van der Waals surface area contributed by atoms with Crippen LogP contribution in [0.25, 0.3) is 21.9 Å². The molecule has 0 aromatic heterocycles. The number of primary amides is 1. The molecule has 1 atom stereocenters. The van der Waals surface area contributed by atoms with Gasteiger partial charge in [0.1, 0.15) is 23.1 Å². The molecule has 8 nitrogen and oxygen atoms in total. The summed E-state index contributed by atoms with van der Waals surface area (Å²) >= 11 is 0. The van der Waals surface area contributed by atoms with Crippen LogP contribution in [0, 0.1) is 5.41 Å². The maximum Gasteiger partial charge on any atom is 0.403 e. The lowest BCUT2D eigenvalue weighted by Gasteiger charge is -2.40. The number of nitrogens with two attached hydrogens (primary N) is 1. The molecule has 2 aliphatic rings. The van der Waals surface area contributed by atoms with E-state index in [9.17, 15) is 40.3 Å². The quantitative estimate of drug-likeness (QED) is 0.214. The number of hydrogen-bond acceptors (Lipinski definition) is 6. The van der Waals surface area contributed by atoms with E-state index >= 15 is 0 Å². The fourth-order valence-corrected chi connectivity index (χ4v) is 6.84. The summed E-state index contributed by atoms with van der Waals surface area (Å²) in [5, 5.41) is 11.2. The van der Waals surface area contributed by atoms with E-state index in [1.807, 2.05) is 48.5 Å². The number of benzene rings is 3. The van der Waals surface area contributed by atoms with E-state index in [1.54, 1.807) is 14.2 Å². The molecule has 2 fully saturated rings. The summed E-state index contributed by atoms with van der Waals surface area (Å²) in [7, 11) is 3.29. The third-order valence-corrected chi connectivity index (χ3v) is 9.48. The van der Waals surface area contributed by atoms with Gasteiger partial charge in [-0.1, -0.05) is 42.5 Å². The SMILES string of the molecule is COc1ccc(CN2CCCC(F)C2)c(OC)c1-c1cccc2c(CCC(=O)O)cccc12.NC(=O)C1(C(F)(F)F)CCN(CC(F)(F)F)CC1. The molecule has 1 unspecified atom stereocenters. The molecule has 2 heterocycles. The molecule has 280 valence electrons. The number of carboxylic acid groups (broad SMARTS) is 1. The molecule has 2 saturated heterocycles. The summed E-state index contributed by atoms with van der Waals surface area (Å²) in [6.07, 6.45) is -9.53. The largest absolute Gasteiger partial charge is 0.496 e. The van der Waals surface area contributed by atoms with Gasteiger partial charge in [0, 0.05) is 25.1 Å². The maximum absolute atomic E-state index is 14.0. The topological polar surface area (TPSA) is 105 Å². The third-order valence-electron chi connectivity index (χ3n) is 9.48. The van der Waals surface area contributed by atoms with Gasteiger partial charge in [-0.25, -0.2) is 4.39 Å². The number of aliphatic carboxylic acids is 1. The Morgan fingerprint density at radius 3 is 2.14 bits per heavy atom. The van der Waals surface area contributed by atoms with Crippen LogP contribution in [0.2, 0.25) is 0 Å². The number of carbonyl (C=O) groups excluding carboxylic acids is 1. The number of ether oxygens (including phenoxy) is 2. The van der Waals surface area contributed by atoms with Gasteiger partial charge in [-0.05, 0) is 79.7 Å². The molecule has 0 aliphatic carbocycles. The monoisotopic (exact) mass is 729 g/mol. The van der Waals surface area contributed by atoms with Crippen LogP contribution in [0.5, 0.6) is 11.5 Å². The van der Waals surface area contributed by atoms with E-state index in [4.69, 9.17) is 20.3 Å². The van der Waals surface area contributed by atoms with Crippen LogP contribution in [-0.2, 0) is 22.6 Å². The highest BCUT2D eigenvalue weighted by Gasteiger charge is 2.60. The molecule has 0 radical (unpaired) electrons. The van der Waals surface area contributed by atoms with Crippen molar-refractivity contribution in [2.24, 2.45) is 11.1 Å². The fraction of sp³-hybridized carbons (Fsp3) is 0.500. The second kappa shape index (κ2) is 16.5. The van der Waals surface area contributed by atoms with Crippen molar-refractivity contribution < 1.29 is 54.9 Å². The normalized spacial score (nSPS) is 18.5. The number of halogens is 7. The van der Waals surface area contributed by atoms with Crippen LogP contribution in [0.1, 0.15) is 43.2 Å². The lowest BCUT2D eigenvalue weighted by molar-refractivity contribution is -0.234. The second-order valence-corrected chi connectivity index (χ2v) is 12.9. The highest BCUT2D eigenvalue weighted by molar-refractivity contribution is 6.01. The van der Waals surface area contributed by atoms with Gasteiger partial charge in [0.15, 0.2) is 0 Å². The highest BCUT2D eigenvalue weighted by Crippen LogP contribution is 2.47. The summed E-state index contributed by atoms with van der Waals surface area (Å²) in [5.41, 5.74) is 5.86. The van der Waals surface area contributed by atoms with E-state index in [0.29, 0.717) is 31.7 Å². The number of nitrogens with zero attached hydrogens (tertiary/aromatic N) is 2. The third kappa shape index (κ3) is 9.61. The van der Waals surface area contributed by atoms with Gasteiger partial charge in [-0.2, -0.15) is 26.3 Å². The van der Waals surface area contributed by atoms with E-state index in [-0.39, 0.29) is 6.42 Å². The van der Waals surface area contributed by atoms with E-state index in [0.717, 1.165) is 56.6 Å². The van der Waals surface area contributed by atoms with Crippen LogP contribution in [0.15, 0.2) is 48.5 Å². The first kappa shape index (κ1) is 39.7. The summed E-state index contributed by atoms with van der Waals surface area (Å²) < 4.78 is 100. The van der Waals surface area contributed by atoms with Gasteiger partial charge in [-0.15, -0.1) is 0 Å². The number of aryl methyl sites for hydroxylation is 1. The van der Waals surface area contributed by atoms with Crippen LogP contribution in [-0.4, -0.2) is 92.3 Å². The predicted molar refractivity (Wildman–Crippen MR) is 177 cm³/mol. The molecule has 0 bridgehead atoms. The van der Waals surface area contributed by atoms with Crippen molar-refractivity contribution in [3.05, 3.63) is 59.7 Å². The average Bonchev–Trinajstić information content (AvgIpc) is 3.06. The number of fused-ring (bicyclic) bond motifs is 1. The minimum Gasteiger partial charge on any atom is -0.496 e. The Morgan fingerprint density at radius 2 is 1.57 bits per heavy atom. The molecule has 3 aromatic rings. The van der Waals surface area contributed by atoms with Gasteiger partial charge in [0.2, 0.25) is 5.91 Å². The summed E-state index contributed by atoms with van der Waals surface area (Å²) in [4.78, 5) is 25.1. The van der Waals surface area contributed by atoms with Crippen molar-refractivity contribution in [1.82, 2.24) is 9.80 Å². The lowest BCUT2D eigenvalue weighted by Crippen LogP contribution is -2.56. The Balaban J connectivity index is 0.000000275. The Labute approximate surface area is 291 Å². The predicted octanol–water partition coefficient (Wildman–Crippen LogP) is 7.15. The van der Waals surface area contributed by atoms with Gasteiger partial charge in [0.05, 0.1) is 26.3 Å². The van der Waals surface area contributed by atoms with Crippen molar-refractivity contribution in [3.63, 3.8) is 0 Å². The van der Waals surface area contributed by atoms with E-state index in [1.165, 1.54) is 0 Å². The zero-order valence-corrected chi connectivity index (χ0v) is 28.4. The van der Waals surface area contributed by atoms with Crippen molar-refractivity contribution in [3.8, 4) is 22.6 Å². The number of rotatable bonds is 10. The fourth-order valence-electron chi connectivity index (χ4n) is 6.84. The molecule has 3 N–H and O–H groups in total. The molecule has 5 rings (SSSR count). The van der Waals surface area contributed by atoms with Crippen molar-refractivity contribution in [2.75, 3.05) is 46.9 Å². The van der Waals surface area contributed by atoms with Crippen molar-refractivity contribution in [2.45, 2.75) is 63.6 Å².